The van der Waals surface area contributed by atoms with E-state index in [4.69, 9.17) is 11.6 Å². The van der Waals surface area contributed by atoms with Crippen LogP contribution in [0.15, 0.2) is 23.1 Å². The molecule has 0 aliphatic carbocycles. The fourth-order valence-electron chi connectivity index (χ4n) is 3.59. The second kappa shape index (κ2) is 9.33. The Kier molecular flexibility index (Phi) is 7.73. The van der Waals surface area contributed by atoms with Crippen molar-refractivity contribution < 1.29 is 4.79 Å². The third-order valence-electron chi connectivity index (χ3n) is 4.99. The van der Waals surface area contributed by atoms with Crippen LogP contribution < -0.4 is 10.6 Å². The van der Waals surface area contributed by atoms with Gasteiger partial charge in [0.15, 0.2) is 0 Å². The van der Waals surface area contributed by atoms with Crippen LogP contribution >= 0.6 is 35.8 Å². The highest BCUT2D eigenvalue weighted by Crippen LogP contribution is 2.37. The van der Waals surface area contributed by atoms with Gasteiger partial charge in [-0.1, -0.05) is 18.5 Å². The maximum atomic E-state index is 12.5. The predicted octanol–water partition coefficient (Wildman–Crippen LogP) is 4.44. The highest BCUT2D eigenvalue weighted by Gasteiger charge is 2.25. The lowest BCUT2D eigenvalue weighted by molar-refractivity contribution is -0.123. The van der Waals surface area contributed by atoms with E-state index >= 15 is 0 Å². The molecule has 0 saturated carbocycles. The van der Waals surface area contributed by atoms with Gasteiger partial charge in [-0.25, -0.2) is 0 Å². The molecule has 6 heteroatoms. The van der Waals surface area contributed by atoms with Crippen molar-refractivity contribution in [2.75, 3.05) is 18.8 Å². The van der Waals surface area contributed by atoms with E-state index in [2.05, 4.69) is 23.6 Å². The first-order chi connectivity index (χ1) is 11.1. The molecule has 2 N–H and O–H groups in total. The SMILES string of the molecule is CC(CC(=O)NC1CCSc2ccc(Cl)cc21)C1CCCNC1.Cl. The van der Waals surface area contributed by atoms with Gasteiger partial charge in [-0.3, -0.25) is 4.79 Å². The van der Waals surface area contributed by atoms with Gasteiger partial charge in [0.05, 0.1) is 6.04 Å². The Hall–Kier alpha value is -0.420. The first-order valence-electron chi connectivity index (χ1n) is 8.56. The lowest BCUT2D eigenvalue weighted by Crippen LogP contribution is -2.36. The maximum absolute atomic E-state index is 12.5. The van der Waals surface area contributed by atoms with E-state index in [0.29, 0.717) is 18.3 Å². The fraction of sp³-hybridized carbons (Fsp3) is 0.611. The van der Waals surface area contributed by atoms with Crippen molar-refractivity contribution in [3.8, 4) is 0 Å². The van der Waals surface area contributed by atoms with Crippen LogP contribution in [-0.2, 0) is 4.79 Å². The van der Waals surface area contributed by atoms with E-state index in [9.17, 15) is 4.79 Å². The molecule has 1 fully saturated rings. The van der Waals surface area contributed by atoms with E-state index in [-0.39, 0.29) is 24.4 Å². The van der Waals surface area contributed by atoms with Gasteiger partial charge < -0.3 is 10.6 Å². The minimum absolute atomic E-state index is 0. The monoisotopic (exact) mass is 388 g/mol. The summed E-state index contributed by atoms with van der Waals surface area (Å²) in [7, 11) is 0. The van der Waals surface area contributed by atoms with E-state index in [1.807, 2.05) is 23.9 Å². The number of piperidine rings is 1. The highest BCUT2D eigenvalue weighted by atomic mass is 35.5. The van der Waals surface area contributed by atoms with Crippen molar-refractivity contribution in [2.24, 2.45) is 11.8 Å². The lowest BCUT2D eigenvalue weighted by Gasteiger charge is -2.30. The van der Waals surface area contributed by atoms with Gasteiger partial charge in [0.2, 0.25) is 5.91 Å². The number of nitrogens with one attached hydrogen (secondary N) is 2. The van der Waals surface area contributed by atoms with Crippen molar-refractivity contribution >= 4 is 41.7 Å². The molecule has 3 unspecified atom stereocenters. The van der Waals surface area contributed by atoms with Gasteiger partial charge in [0.1, 0.15) is 0 Å². The Bertz CT molecular complexity index is 564. The average Bonchev–Trinajstić information content (AvgIpc) is 2.56. The molecule has 24 heavy (non-hydrogen) atoms. The van der Waals surface area contributed by atoms with Crippen LogP contribution in [0.2, 0.25) is 5.02 Å². The molecule has 1 aromatic carbocycles. The third kappa shape index (κ3) is 5.04. The summed E-state index contributed by atoms with van der Waals surface area (Å²) < 4.78 is 0. The molecule has 3 nitrogen and oxygen atoms in total. The minimum Gasteiger partial charge on any atom is -0.349 e. The average molecular weight is 389 g/mol. The van der Waals surface area contributed by atoms with Gasteiger partial charge in [-0.2, -0.15) is 0 Å². The Morgan fingerprint density at radius 2 is 2.29 bits per heavy atom. The predicted molar refractivity (Wildman–Crippen MR) is 104 cm³/mol. The molecule has 1 aromatic rings. The molecule has 134 valence electrons. The van der Waals surface area contributed by atoms with Crippen molar-refractivity contribution in [1.82, 2.24) is 10.6 Å². The van der Waals surface area contributed by atoms with Gasteiger partial charge in [0.25, 0.3) is 0 Å². The van der Waals surface area contributed by atoms with Crippen LogP contribution in [0.3, 0.4) is 0 Å². The number of carbonyl (C=O) groups is 1. The lowest BCUT2D eigenvalue weighted by atomic mass is 9.85. The molecule has 2 aliphatic heterocycles. The zero-order chi connectivity index (χ0) is 16.2. The summed E-state index contributed by atoms with van der Waals surface area (Å²) in [4.78, 5) is 13.7. The number of benzene rings is 1. The number of thioether (sulfide) groups is 1. The zero-order valence-electron chi connectivity index (χ0n) is 14.0. The summed E-state index contributed by atoms with van der Waals surface area (Å²) in [6.07, 6.45) is 4.05. The van der Waals surface area contributed by atoms with Crippen molar-refractivity contribution in [3.05, 3.63) is 28.8 Å². The summed E-state index contributed by atoms with van der Waals surface area (Å²) >= 11 is 7.98. The number of rotatable bonds is 4. The van der Waals surface area contributed by atoms with Crippen LogP contribution in [0, 0.1) is 11.8 Å². The summed E-state index contributed by atoms with van der Waals surface area (Å²) in [5, 5.41) is 7.42. The summed E-state index contributed by atoms with van der Waals surface area (Å²) in [6.45, 7) is 4.37. The Labute approximate surface area is 160 Å². The van der Waals surface area contributed by atoms with Gasteiger partial charge >= 0.3 is 0 Å². The molecule has 0 radical (unpaired) electrons. The largest absolute Gasteiger partial charge is 0.349 e. The van der Waals surface area contributed by atoms with Crippen LogP contribution in [0.4, 0.5) is 0 Å². The first kappa shape index (κ1) is 19.9. The maximum Gasteiger partial charge on any atom is 0.220 e. The number of carbonyl (C=O) groups excluding carboxylic acids is 1. The van der Waals surface area contributed by atoms with Gasteiger partial charge in [-0.05, 0) is 68.0 Å². The Balaban J connectivity index is 0.00000208. The number of hydrogen-bond acceptors (Lipinski definition) is 3. The Morgan fingerprint density at radius 3 is 3.04 bits per heavy atom. The molecule has 2 aliphatic rings. The van der Waals surface area contributed by atoms with E-state index < -0.39 is 0 Å². The molecular formula is C18H26Cl2N2OS. The van der Waals surface area contributed by atoms with Gasteiger partial charge in [-0.15, -0.1) is 24.2 Å². The van der Waals surface area contributed by atoms with E-state index in [0.717, 1.165) is 30.3 Å². The smallest absolute Gasteiger partial charge is 0.220 e. The van der Waals surface area contributed by atoms with Gasteiger partial charge in [0, 0.05) is 22.1 Å². The molecule has 3 rings (SSSR count). The molecule has 0 spiro atoms. The molecule has 0 aromatic heterocycles. The normalized spacial score (nSPS) is 24.4. The number of fused-ring (bicyclic) bond motifs is 1. The van der Waals surface area contributed by atoms with Crippen LogP contribution in [0.1, 0.15) is 44.2 Å². The van der Waals surface area contributed by atoms with Crippen LogP contribution in [0.5, 0.6) is 0 Å². The van der Waals surface area contributed by atoms with E-state index in [1.165, 1.54) is 23.3 Å². The van der Waals surface area contributed by atoms with E-state index in [1.54, 1.807) is 0 Å². The second-order valence-electron chi connectivity index (χ2n) is 6.73. The van der Waals surface area contributed by atoms with Crippen LogP contribution in [0.25, 0.3) is 0 Å². The van der Waals surface area contributed by atoms with Crippen molar-refractivity contribution in [3.63, 3.8) is 0 Å². The number of hydrogen-bond donors (Lipinski definition) is 2. The fourth-order valence-corrected chi connectivity index (χ4v) is 4.88. The quantitative estimate of drug-likeness (QED) is 0.800. The topological polar surface area (TPSA) is 41.1 Å². The molecule has 3 atom stereocenters. The highest BCUT2D eigenvalue weighted by molar-refractivity contribution is 7.99. The number of amides is 1. The van der Waals surface area contributed by atoms with Crippen molar-refractivity contribution in [2.45, 2.75) is 43.5 Å². The first-order valence-corrected chi connectivity index (χ1v) is 9.92. The van der Waals surface area contributed by atoms with Crippen LogP contribution in [-0.4, -0.2) is 24.7 Å². The molecule has 2 heterocycles. The third-order valence-corrected chi connectivity index (χ3v) is 6.35. The zero-order valence-corrected chi connectivity index (χ0v) is 16.4. The molecular weight excluding hydrogens is 363 g/mol. The molecule has 1 amide bonds. The molecule has 0 bridgehead atoms. The van der Waals surface area contributed by atoms with Crippen molar-refractivity contribution in [1.29, 1.82) is 0 Å². The summed E-state index contributed by atoms with van der Waals surface area (Å²) in [5.74, 6) is 2.27. The Morgan fingerprint density at radius 1 is 1.46 bits per heavy atom. The minimum atomic E-state index is 0. The summed E-state index contributed by atoms with van der Waals surface area (Å²) in [6, 6.07) is 6.10. The summed E-state index contributed by atoms with van der Waals surface area (Å²) in [5.41, 5.74) is 1.18. The standard InChI is InChI=1S/C18H25ClN2OS.ClH/c1-12(13-3-2-7-20-11-13)9-18(22)21-16-6-8-23-17-5-4-14(19)10-15(16)17;/h4-5,10,12-13,16,20H,2-3,6-9,11H2,1H3,(H,21,22);1H. The second-order valence-corrected chi connectivity index (χ2v) is 8.30. The number of halogens is 2. The molecule has 1 saturated heterocycles.